The zero-order valence-corrected chi connectivity index (χ0v) is 21.9. The van der Waals surface area contributed by atoms with Crippen LogP contribution in [0.4, 0.5) is 16.3 Å². The van der Waals surface area contributed by atoms with E-state index in [1.54, 1.807) is 24.1 Å². The number of hydrogen-bond donors (Lipinski definition) is 1. The van der Waals surface area contributed by atoms with E-state index in [0.717, 1.165) is 61.2 Å². The van der Waals surface area contributed by atoms with Crippen LogP contribution in [-0.4, -0.2) is 79.9 Å². The maximum Gasteiger partial charge on any atom is 0.415 e. The van der Waals surface area contributed by atoms with Gasteiger partial charge in [-0.25, -0.2) is 4.79 Å². The maximum absolute atomic E-state index is 12.7. The van der Waals surface area contributed by atoms with Crippen LogP contribution in [0, 0.1) is 0 Å². The number of nitrogens with zero attached hydrogens (tertiary/aromatic N) is 5. The van der Waals surface area contributed by atoms with E-state index in [2.05, 4.69) is 25.1 Å². The summed E-state index contributed by atoms with van der Waals surface area (Å²) in [5.74, 6) is 1.27. The Hall–Kier alpha value is -3.01. The van der Waals surface area contributed by atoms with Crippen molar-refractivity contribution in [3.63, 3.8) is 0 Å². The molecule has 1 amide bonds. The lowest BCUT2D eigenvalue weighted by Crippen LogP contribution is -2.53. The first-order valence-electron chi connectivity index (χ1n) is 11.8. The van der Waals surface area contributed by atoms with Crippen molar-refractivity contribution in [2.75, 3.05) is 62.7 Å². The molecule has 1 aromatic heterocycles. The quantitative estimate of drug-likeness (QED) is 0.542. The summed E-state index contributed by atoms with van der Waals surface area (Å²) in [5.41, 5.74) is 1.83. The van der Waals surface area contributed by atoms with E-state index in [-0.39, 0.29) is 30.6 Å². The van der Waals surface area contributed by atoms with E-state index < -0.39 is 0 Å². The predicted octanol–water partition coefficient (Wildman–Crippen LogP) is 3.83. The van der Waals surface area contributed by atoms with Crippen molar-refractivity contribution in [1.82, 2.24) is 20.2 Å². The Balaban J connectivity index is 0.00000304. The van der Waals surface area contributed by atoms with Gasteiger partial charge in [-0.15, -0.1) is 12.4 Å². The number of aromatic nitrogens is 2. The van der Waals surface area contributed by atoms with Gasteiger partial charge in [0.05, 0.1) is 12.6 Å². The Labute approximate surface area is 221 Å². The van der Waals surface area contributed by atoms with Gasteiger partial charge in [0.1, 0.15) is 11.6 Å². The van der Waals surface area contributed by atoms with E-state index in [4.69, 9.17) is 21.1 Å². The zero-order chi connectivity index (χ0) is 24.4. The van der Waals surface area contributed by atoms with Crippen LogP contribution in [0.25, 0.3) is 10.9 Å². The van der Waals surface area contributed by atoms with Gasteiger partial charge in [-0.1, -0.05) is 11.6 Å². The van der Waals surface area contributed by atoms with Crippen LogP contribution in [-0.2, 0) is 0 Å². The van der Waals surface area contributed by atoms with E-state index >= 15 is 0 Å². The molecule has 1 N–H and O–H groups in total. The molecule has 36 heavy (non-hydrogen) atoms. The highest BCUT2D eigenvalue weighted by atomic mass is 35.5. The molecule has 3 heterocycles. The molecule has 2 saturated heterocycles. The number of hydrogen-bond acceptors (Lipinski definition) is 8. The Kier molecular flexibility index (Phi) is 8.23. The molecule has 2 aliphatic rings. The van der Waals surface area contributed by atoms with Gasteiger partial charge in [-0.2, -0.15) is 9.97 Å². The van der Waals surface area contributed by atoms with Crippen molar-refractivity contribution < 1.29 is 14.3 Å². The molecule has 0 aliphatic carbocycles. The summed E-state index contributed by atoms with van der Waals surface area (Å²) in [7, 11) is 1.55. The Morgan fingerprint density at radius 3 is 2.44 bits per heavy atom. The summed E-state index contributed by atoms with van der Waals surface area (Å²) in [4.78, 5) is 28.2. The molecule has 0 bridgehead atoms. The van der Waals surface area contributed by atoms with Crippen molar-refractivity contribution >= 4 is 52.5 Å². The molecule has 1 atom stereocenters. The number of benzene rings is 2. The second-order valence-corrected chi connectivity index (χ2v) is 9.21. The molecule has 0 spiro atoms. The number of halogens is 2. The number of fused-ring (bicyclic) bond motifs is 1. The molecule has 5 rings (SSSR count). The second-order valence-electron chi connectivity index (χ2n) is 8.78. The van der Waals surface area contributed by atoms with Gasteiger partial charge in [0.2, 0.25) is 0 Å². The number of rotatable bonds is 4. The molecule has 0 saturated carbocycles. The predicted molar refractivity (Wildman–Crippen MR) is 144 cm³/mol. The second kappa shape index (κ2) is 11.4. The van der Waals surface area contributed by atoms with Crippen LogP contribution < -0.4 is 24.6 Å². The Morgan fingerprint density at radius 1 is 1.03 bits per heavy atom. The third kappa shape index (κ3) is 5.53. The van der Waals surface area contributed by atoms with Crippen LogP contribution in [0.3, 0.4) is 0 Å². The lowest BCUT2D eigenvalue weighted by atomic mass is 10.2. The van der Waals surface area contributed by atoms with Gasteiger partial charge in [-0.3, -0.25) is 0 Å². The Morgan fingerprint density at radius 2 is 1.75 bits per heavy atom. The number of carbonyl (C=O) groups excluding carboxylic acids is 1. The first-order chi connectivity index (χ1) is 17.0. The van der Waals surface area contributed by atoms with E-state index in [1.807, 2.05) is 37.3 Å². The van der Waals surface area contributed by atoms with Crippen LogP contribution in [0.2, 0.25) is 5.02 Å². The number of nitrogens with one attached hydrogen (secondary N) is 1. The summed E-state index contributed by atoms with van der Waals surface area (Å²) in [5, 5.41) is 4.90. The highest BCUT2D eigenvalue weighted by Crippen LogP contribution is 2.31. The maximum atomic E-state index is 12.7. The topological polar surface area (TPSA) is 83.1 Å². The minimum absolute atomic E-state index is 0. The lowest BCUT2D eigenvalue weighted by molar-refractivity contribution is 0.124. The molecular weight excluding hydrogens is 503 g/mol. The van der Waals surface area contributed by atoms with Gasteiger partial charge in [0.25, 0.3) is 0 Å². The van der Waals surface area contributed by atoms with Crippen LogP contribution >= 0.6 is 24.0 Å². The minimum Gasteiger partial charge on any atom is -0.467 e. The number of ether oxygens (including phenoxy) is 2. The van der Waals surface area contributed by atoms with Crippen LogP contribution in [0.5, 0.6) is 11.8 Å². The molecule has 192 valence electrons. The molecule has 3 aromatic rings. The lowest BCUT2D eigenvalue weighted by Gasteiger charge is -2.37. The standard InChI is InChI=1S/C25H29ClN6O3.ClH/c1-17-16-27-9-10-32(17)25(33)35-20-7-8-21-22(15-20)28-24(34-2)29-23(21)31-13-11-30(12-14-31)19-5-3-18(26)4-6-19;/h3-8,15,17,27H,9-14,16H2,1-2H3;1H/t17-;/m1./s1. The van der Waals surface area contributed by atoms with E-state index in [1.165, 1.54) is 0 Å². The SMILES string of the molecule is COc1nc(N2CCN(c3ccc(Cl)cc3)CC2)c2ccc(OC(=O)N3CCNC[C@H]3C)cc2n1.Cl. The fourth-order valence-corrected chi connectivity index (χ4v) is 4.69. The van der Waals surface area contributed by atoms with Gasteiger partial charge in [-0.05, 0) is 43.3 Å². The highest BCUT2D eigenvalue weighted by molar-refractivity contribution is 6.30. The average Bonchev–Trinajstić information content (AvgIpc) is 2.88. The highest BCUT2D eigenvalue weighted by Gasteiger charge is 2.25. The van der Waals surface area contributed by atoms with Gasteiger partial charge < -0.3 is 29.5 Å². The number of amides is 1. The van der Waals surface area contributed by atoms with Gasteiger partial charge in [0, 0.05) is 74.0 Å². The number of methoxy groups -OCH3 is 1. The molecule has 0 radical (unpaired) electrons. The van der Waals surface area contributed by atoms with Crippen LogP contribution in [0.1, 0.15) is 6.92 Å². The number of piperazine rings is 2. The monoisotopic (exact) mass is 532 g/mol. The molecule has 2 aromatic carbocycles. The van der Waals surface area contributed by atoms with E-state index in [9.17, 15) is 4.79 Å². The van der Waals surface area contributed by atoms with Crippen LogP contribution in [0.15, 0.2) is 42.5 Å². The van der Waals surface area contributed by atoms with Crippen molar-refractivity contribution in [2.45, 2.75) is 13.0 Å². The summed E-state index contributed by atoms with van der Waals surface area (Å²) < 4.78 is 11.1. The molecule has 2 fully saturated rings. The Bertz CT molecular complexity index is 1200. The molecule has 0 unspecified atom stereocenters. The molecular formula is C25H30Cl2N6O3. The summed E-state index contributed by atoms with van der Waals surface area (Å²) in [6.07, 6.45) is -0.349. The summed E-state index contributed by atoms with van der Waals surface area (Å²) >= 11 is 6.04. The first kappa shape index (κ1) is 26.1. The molecule has 9 nitrogen and oxygen atoms in total. The van der Waals surface area contributed by atoms with Crippen molar-refractivity contribution in [2.24, 2.45) is 0 Å². The zero-order valence-electron chi connectivity index (χ0n) is 20.3. The normalized spacial score (nSPS) is 18.1. The molecule has 11 heteroatoms. The smallest absolute Gasteiger partial charge is 0.415 e. The fraction of sp³-hybridized carbons (Fsp3) is 0.400. The van der Waals surface area contributed by atoms with Gasteiger partial charge >= 0.3 is 12.1 Å². The third-order valence-corrected chi connectivity index (χ3v) is 6.77. The fourth-order valence-electron chi connectivity index (χ4n) is 4.57. The number of anilines is 2. The third-order valence-electron chi connectivity index (χ3n) is 6.52. The first-order valence-corrected chi connectivity index (χ1v) is 12.2. The van der Waals surface area contributed by atoms with Crippen molar-refractivity contribution in [3.8, 4) is 11.8 Å². The van der Waals surface area contributed by atoms with Gasteiger partial charge in [0.15, 0.2) is 0 Å². The number of carbonyl (C=O) groups is 1. The van der Waals surface area contributed by atoms with Crippen molar-refractivity contribution in [3.05, 3.63) is 47.5 Å². The molecule has 2 aliphatic heterocycles. The summed E-state index contributed by atoms with van der Waals surface area (Å²) in [6.45, 7) is 7.45. The van der Waals surface area contributed by atoms with E-state index in [0.29, 0.717) is 17.8 Å². The minimum atomic E-state index is -0.349. The average molecular weight is 533 g/mol. The van der Waals surface area contributed by atoms with Crippen molar-refractivity contribution in [1.29, 1.82) is 0 Å². The summed E-state index contributed by atoms with van der Waals surface area (Å²) in [6, 6.07) is 13.8. The largest absolute Gasteiger partial charge is 0.467 e.